The fraction of sp³-hybridized carbons (Fsp3) is 0.500. The van der Waals surface area contributed by atoms with Gasteiger partial charge in [0.15, 0.2) is 0 Å². The van der Waals surface area contributed by atoms with Gasteiger partial charge in [-0.15, -0.1) is 0 Å². The Morgan fingerprint density at radius 3 is 3.15 bits per heavy atom. The number of nitrogens with zero attached hydrogens (tertiary/aromatic N) is 1. The van der Waals surface area contributed by atoms with Crippen LogP contribution in [0.3, 0.4) is 0 Å². The Labute approximate surface area is 77.2 Å². The molecule has 0 unspecified atom stereocenters. The van der Waals surface area contributed by atoms with Gasteiger partial charge in [0, 0.05) is 6.20 Å². The van der Waals surface area contributed by atoms with Crippen molar-refractivity contribution >= 4 is 0 Å². The molecule has 2 nitrogen and oxygen atoms in total. The lowest BCUT2D eigenvalue weighted by atomic mass is 10.0. The highest BCUT2D eigenvalue weighted by molar-refractivity contribution is 5.11. The maximum absolute atomic E-state index is 12.8. The van der Waals surface area contributed by atoms with Crippen molar-refractivity contribution in [3.8, 4) is 0 Å². The quantitative estimate of drug-likeness (QED) is 0.743. The molecule has 1 aromatic rings. The second kappa shape index (κ2) is 3.83. The van der Waals surface area contributed by atoms with Gasteiger partial charge in [0.1, 0.15) is 5.82 Å². The van der Waals surface area contributed by atoms with E-state index in [-0.39, 0.29) is 5.82 Å². The zero-order valence-corrected chi connectivity index (χ0v) is 7.46. The van der Waals surface area contributed by atoms with E-state index in [1.807, 2.05) is 0 Å². The molecule has 1 saturated heterocycles. The first kappa shape index (κ1) is 8.63. The van der Waals surface area contributed by atoms with Crippen molar-refractivity contribution in [3.63, 3.8) is 0 Å². The Balaban J connectivity index is 2.00. The van der Waals surface area contributed by atoms with Gasteiger partial charge in [0.25, 0.3) is 0 Å². The van der Waals surface area contributed by atoms with Crippen molar-refractivity contribution in [3.05, 3.63) is 29.8 Å². The number of hydrogen-bond donors (Lipinski definition) is 1. The van der Waals surface area contributed by atoms with E-state index in [0.717, 1.165) is 25.1 Å². The fourth-order valence-electron chi connectivity index (χ4n) is 1.79. The molecular formula is C10H13FN2. The van der Waals surface area contributed by atoms with Crippen LogP contribution in [0.2, 0.25) is 0 Å². The summed E-state index contributed by atoms with van der Waals surface area (Å²) in [5.41, 5.74) is 1.01. The van der Waals surface area contributed by atoms with Crippen LogP contribution in [-0.2, 0) is 6.42 Å². The van der Waals surface area contributed by atoms with Gasteiger partial charge in [0.05, 0.1) is 6.20 Å². The molecule has 1 aromatic heterocycles. The van der Waals surface area contributed by atoms with E-state index < -0.39 is 0 Å². The maximum atomic E-state index is 12.8. The van der Waals surface area contributed by atoms with Gasteiger partial charge in [-0.2, -0.15) is 0 Å². The number of rotatable bonds is 2. The van der Waals surface area contributed by atoms with E-state index in [2.05, 4.69) is 10.3 Å². The number of hydrogen-bond acceptors (Lipinski definition) is 2. The predicted octanol–water partition coefficient (Wildman–Crippen LogP) is 1.37. The molecule has 1 atom stereocenters. The summed E-state index contributed by atoms with van der Waals surface area (Å²) >= 11 is 0. The van der Waals surface area contributed by atoms with Crippen LogP contribution in [0.4, 0.5) is 4.39 Å². The van der Waals surface area contributed by atoms with Crippen LogP contribution >= 0.6 is 0 Å². The van der Waals surface area contributed by atoms with Crippen LogP contribution in [0.1, 0.15) is 12.0 Å². The Morgan fingerprint density at radius 1 is 1.54 bits per heavy atom. The molecule has 13 heavy (non-hydrogen) atoms. The van der Waals surface area contributed by atoms with Crippen LogP contribution in [0, 0.1) is 11.7 Å². The molecule has 0 aromatic carbocycles. The van der Waals surface area contributed by atoms with Crippen molar-refractivity contribution in [1.29, 1.82) is 0 Å². The smallest absolute Gasteiger partial charge is 0.141 e. The first-order valence-electron chi connectivity index (χ1n) is 4.65. The van der Waals surface area contributed by atoms with Crippen molar-refractivity contribution in [2.45, 2.75) is 12.8 Å². The highest BCUT2D eigenvalue weighted by Crippen LogP contribution is 2.14. The Bertz CT molecular complexity index is 282. The molecule has 2 rings (SSSR count). The summed E-state index contributed by atoms with van der Waals surface area (Å²) in [4.78, 5) is 3.83. The van der Waals surface area contributed by atoms with Gasteiger partial charge in [-0.25, -0.2) is 4.39 Å². The van der Waals surface area contributed by atoms with Crippen LogP contribution in [-0.4, -0.2) is 18.1 Å². The lowest BCUT2D eigenvalue weighted by Gasteiger charge is -2.06. The number of halogens is 1. The molecule has 1 fully saturated rings. The van der Waals surface area contributed by atoms with E-state index in [9.17, 15) is 4.39 Å². The molecule has 0 bridgehead atoms. The van der Waals surface area contributed by atoms with Crippen molar-refractivity contribution in [2.24, 2.45) is 5.92 Å². The summed E-state index contributed by atoms with van der Waals surface area (Å²) in [5, 5.41) is 3.29. The van der Waals surface area contributed by atoms with E-state index in [1.54, 1.807) is 12.3 Å². The third-order valence-corrected chi connectivity index (χ3v) is 2.45. The highest BCUT2D eigenvalue weighted by Gasteiger charge is 2.14. The number of aromatic nitrogens is 1. The lowest BCUT2D eigenvalue weighted by Crippen LogP contribution is -2.10. The molecule has 1 N–H and O–H groups in total. The highest BCUT2D eigenvalue weighted by atomic mass is 19.1. The van der Waals surface area contributed by atoms with E-state index in [0.29, 0.717) is 5.92 Å². The summed E-state index contributed by atoms with van der Waals surface area (Å²) in [6.45, 7) is 2.14. The zero-order chi connectivity index (χ0) is 9.10. The molecule has 1 aliphatic rings. The average Bonchev–Trinajstić information content (AvgIpc) is 2.57. The standard InChI is InChI=1S/C10H13FN2/c11-10-4-9(6-13-7-10)3-8-1-2-12-5-8/h4,6-8,12H,1-3,5H2/t8-/m1/s1. The van der Waals surface area contributed by atoms with Crippen LogP contribution in [0.5, 0.6) is 0 Å². The van der Waals surface area contributed by atoms with E-state index in [4.69, 9.17) is 0 Å². The van der Waals surface area contributed by atoms with Gasteiger partial charge in [-0.1, -0.05) is 0 Å². The molecule has 0 saturated carbocycles. The largest absolute Gasteiger partial charge is 0.316 e. The van der Waals surface area contributed by atoms with Crippen molar-refractivity contribution in [2.75, 3.05) is 13.1 Å². The minimum atomic E-state index is -0.233. The topological polar surface area (TPSA) is 24.9 Å². The summed E-state index contributed by atoms with van der Waals surface area (Å²) in [5.74, 6) is 0.423. The molecule has 3 heteroatoms. The molecule has 70 valence electrons. The van der Waals surface area contributed by atoms with Gasteiger partial charge >= 0.3 is 0 Å². The SMILES string of the molecule is Fc1cncc(C[C@H]2CCNC2)c1. The molecule has 0 spiro atoms. The Hall–Kier alpha value is -0.960. The first-order chi connectivity index (χ1) is 6.34. The minimum Gasteiger partial charge on any atom is -0.316 e. The maximum Gasteiger partial charge on any atom is 0.141 e. The first-order valence-corrected chi connectivity index (χ1v) is 4.65. The molecule has 1 aliphatic heterocycles. The van der Waals surface area contributed by atoms with Crippen molar-refractivity contribution in [1.82, 2.24) is 10.3 Å². The molecule has 0 aliphatic carbocycles. The lowest BCUT2D eigenvalue weighted by molar-refractivity contribution is 0.570. The second-order valence-electron chi connectivity index (χ2n) is 3.57. The summed E-state index contributed by atoms with van der Waals surface area (Å²) in [7, 11) is 0. The molecule has 0 amide bonds. The van der Waals surface area contributed by atoms with Crippen LogP contribution < -0.4 is 5.32 Å². The molecular weight excluding hydrogens is 167 g/mol. The van der Waals surface area contributed by atoms with Crippen LogP contribution in [0.25, 0.3) is 0 Å². The van der Waals surface area contributed by atoms with Crippen LogP contribution in [0.15, 0.2) is 18.5 Å². The predicted molar refractivity (Wildman–Crippen MR) is 48.9 cm³/mol. The normalized spacial score (nSPS) is 22.1. The monoisotopic (exact) mass is 180 g/mol. The fourth-order valence-corrected chi connectivity index (χ4v) is 1.79. The van der Waals surface area contributed by atoms with Gasteiger partial charge in [-0.3, -0.25) is 4.98 Å². The van der Waals surface area contributed by atoms with E-state index in [1.165, 1.54) is 12.6 Å². The third-order valence-electron chi connectivity index (χ3n) is 2.45. The Kier molecular flexibility index (Phi) is 2.54. The van der Waals surface area contributed by atoms with Gasteiger partial charge < -0.3 is 5.32 Å². The summed E-state index contributed by atoms with van der Waals surface area (Å²) < 4.78 is 12.8. The van der Waals surface area contributed by atoms with Gasteiger partial charge in [-0.05, 0) is 43.5 Å². The second-order valence-corrected chi connectivity index (χ2v) is 3.57. The molecule has 2 heterocycles. The van der Waals surface area contributed by atoms with Crippen molar-refractivity contribution < 1.29 is 4.39 Å². The third kappa shape index (κ3) is 2.25. The molecule has 0 radical (unpaired) electrons. The van der Waals surface area contributed by atoms with Gasteiger partial charge in [0.2, 0.25) is 0 Å². The van der Waals surface area contributed by atoms with E-state index >= 15 is 0 Å². The number of pyridine rings is 1. The minimum absolute atomic E-state index is 0.233. The zero-order valence-electron chi connectivity index (χ0n) is 7.46. The average molecular weight is 180 g/mol. The summed E-state index contributed by atoms with van der Waals surface area (Å²) in [6, 6.07) is 1.57. The summed E-state index contributed by atoms with van der Waals surface area (Å²) in [6.07, 6.45) is 5.13. The Morgan fingerprint density at radius 2 is 2.46 bits per heavy atom. The number of nitrogens with one attached hydrogen (secondary N) is 1.